The van der Waals surface area contributed by atoms with E-state index in [9.17, 15) is 4.79 Å². The fraction of sp³-hybridized carbons (Fsp3) is 0.500. The molecule has 0 aromatic heterocycles. The molecular formula is C14H17NO. The number of carbonyl (C=O) groups excluding carboxylic acids is 1. The van der Waals surface area contributed by atoms with Crippen LogP contribution in [0.3, 0.4) is 0 Å². The van der Waals surface area contributed by atoms with Gasteiger partial charge < -0.3 is 9.69 Å². The molecule has 1 aromatic rings. The van der Waals surface area contributed by atoms with Crippen molar-refractivity contribution in [3.05, 3.63) is 29.8 Å². The topological polar surface area (TPSA) is 20.3 Å². The molecular weight excluding hydrogens is 198 g/mol. The largest absolute Gasteiger partial charge is 0.371 e. The van der Waals surface area contributed by atoms with Gasteiger partial charge in [-0.15, -0.1) is 0 Å². The van der Waals surface area contributed by atoms with E-state index >= 15 is 0 Å². The molecule has 1 aliphatic carbocycles. The van der Waals surface area contributed by atoms with Gasteiger partial charge in [0.1, 0.15) is 6.29 Å². The Balaban J connectivity index is 1.90. The quantitative estimate of drug-likeness (QED) is 0.722. The minimum Gasteiger partial charge on any atom is -0.371 e. The Morgan fingerprint density at radius 3 is 2.81 bits per heavy atom. The third kappa shape index (κ3) is 1.73. The number of fused-ring (bicyclic) bond motifs is 1. The number of aldehydes is 1. The molecule has 1 heterocycles. The fourth-order valence-electron chi connectivity index (χ4n) is 2.60. The van der Waals surface area contributed by atoms with Gasteiger partial charge in [0.25, 0.3) is 0 Å². The molecule has 0 amide bonds. The van der Waals surface area contributed by atoms with Crippen LogP contribution in [0.2, 0.25) is 0 Å². The van der Waals surface area contributed by atoms with Crippen LogP contribution in [0.4, 0.5) is 5.69 Å². The first-order valence-corrected chi connectivity index (χ1v) is 6.17. The second kappa shape index (κ2) is 3.93. The molecule has 3 rings (SSSR count). The maximum absolute atomic E-state index is 11.0. The SMILES string of the molecule is O=C[C@@H]1CCN(CC2CC2)c2ccccc21. The van der Waals surface area contributed by atoms with E-state index in [2.05, 4.69) is 23.1 Å². The van der Waals surface area contributed by atoms with E-state index in [0.29, 0.717) is 0 Å². The third-order valence-corrected chi connectivity index (χ3v) is 3.73. The molecule has 1 aliphatic heterocycles. The van der Waals surface area contributed by atoms with Gasteiger partial charge in [0.15, 0.2) is 0 Å². The number of anilines is 1. The van der Waals surface area contributed by atoms with Gasteiger partial charge in [0.2, 0.25) is 0 Å². The zero-order valence-electron chi connectivity index (χ0n) is 9.43. The average molecular weight is 215 g/mol. The Hall–Kier alpha value is -1.31. The molecule has 0 radical (unpaired) electrons. The van der Waals surface area contributed by atoms with Crippen LogP contribution in [0.5, 0.6) is 0 Å². The van der Waals surface area contributed by atoms with E-state index in [4.69, 9.17) is 0 Å². The van der Waals surface area contributed by atoms with Crippen molar-refractivity contribution in [2.45, 2.75) is 25.2 Å². The van der Waals surface area contributed by atoms with E-state index in [1.165, 1.54) is 30.6 Å². The molecule has 1 aromatic carbocycles. The lowest BCUT2D eigenvalue weighted by Crippen LogP contribution is -2.33. The first-order chi connectivity index (χ1) is 7.88. The van der Waals surface area contributed by atoms with E-state index in [1.807, 2.05) is 6.07 Å². The first kappa shape index (κ1) is 9.88. The second-order valence-electron chi connectivity index (χ2n) is 4.98. The number of para-hydroxylation sites is 1. The summed E-state index contributed by atoms with van der Waals surface area (Å²) in [7, 11) is 0. The predicted octanol–water partition coefficient (Wildman–Crippen LogP) is 2.59. The maximum Gasteiger partial charge on any atom is 0.127 e. The van der Waals surface area contributed by atoms with Crippen molar-refractivity contribution in [2.24, 2.45) is 5.92 Å². The standard InChI is InChI=1S/C14H17NO/c16-10-12-7-8-15(9-11-5-6-11)14-4-2-1-3-13(12)14/h1-4,10-12H,5-9H2/t12-/m0/s1. The highest BCUT2D eigenvalue weighted by Gasteiger charge is 2.29. The molecule has 16 heavy (non-hydrogen) atoms. The summed E-state index contributed by atoms with van der Waals surface area (Å²) in [6, 6.07) is 8.38. The highest BCUT2D eigenvalue weighted by molar-refractivity contribution is 5.70. The fourth-order valence-corrected chi connectivity index (χ4v) is 2.60. The Bertz CT molecular complexity index is 397. The van der Waals surface area contributed by atoms with Gasteiger partial charge >= 0.3 is 0 Å². The van der Waals surface area contributed by atoms with Crippen LogP contribution >= 0.6 is 0 Å². The molecule has 1 fully saturated rings. The van der Waals surface area contributed by atoms with Crippen LogP contribution in [-0.2, 0) is 4.79 Å². The van der Waals surface area contributed by atoms with Gasteiger partial charge in [0, 0.05) is 24.7 Å². The highest BCUT2D eigenvalue weighted by Crippen LogP contribution is 2.37. The minimum atomic E-state index is 0.117. The molecule has 2 aliphatic rings. The lowest BCUT2D eigenvalue weighted by molar-refractivity contribution is -0.109. The van der Waals surface area contributed by atoms with Gasteiger partial charge in [-0.3, -0.25) is 0 Å². The van der Waals surface area contributed by atoms with Crippen molar-refractivity contribution in [3.63, 3.8) is 0 Å². The number of nitrogens with zero attached hydrogens (tertiary/aromatic N) is 1. The zero-order chi connectivity index (χ0) is 11.0. The normalized spacial score (nSPS) is 24.0. The Morgan fingerprint density at radius 2 is 2.06 bits per heavy atom. The van der Waals surface area contributed by atoms with Crippen molar-refractivity contribution in [2.75, 3.05) is 18.0 Å². The summed E-state index contributed by atoms with van der Waals surface area (Å²) in [4.78, 5) is 13.5. The number of hydrogen-bond donors (Lipinski definition) is 0. The van der Waals surface area contributed by atoms with Crippen LogP contribution < -0.4 is 4.90 Å². The number of hydrogen-bond acceptors (Lipinski definition) is 2. The minimum absolute atomic E-state index is 0.117. The summed E-state index contributed by atoms with van der Waals surface area (Å²) in [5.74, 6) is 1.02. The summed E-state index contributed by atoms with van der Waals surface area (Å²) in [5.41, 5.74) is 2.52. The van der Waals surface area contributed by atoms with E-state index in [0.717, 1.165) is 25.2 Å². The van der Waals surface area contributed by atoms with Crippen LogP contribution in [-0.4, -0.2) is 19.4 Å². The monoisotopic (exact) mass is 215 g/mol. The summed E-state index contributed by atoms with van der Waals surface area (Å²) < 4.78 is 0. The molecule has 2 heteroatoms. The Morgan fingerprint density at radius 1 is 1.25 bits per heavy atom. The third-order valence-electron chi connectivity index (χ3n) is 3.73. The van der Waals surface area contributed by atoms with Crippen molar-refractivity contribution < 1.29 is 4.79 Å². The summed E-state index contributed by atoms with van der Waals surface area (Å²) >= 11 is 0. The molecule has 0 unspecified atom stereocenters. The molecule has 84 valence electrons. The molecule has 0 bridgehead atoms. The van der Waals surface area contributed by atoms with Crippen molar-refractivity contribution >= 4 is 12.0 Å². The lowest BCUT2D eigenvalue weighted by atomic mass is 9.91. The highest BCUT2D eigenvalue weighted by atomic mass is 16.1. The van der Waals surface area contributed by atoms with Gasteiger partial charge in [-0.25, -0.2) is 0 Å². The van der Waals surface area contributed by atoms with Gasteiger partial charge in [-0.1, -0.05) is 18.2 Å². The number of benzene rings is 1. The van der Waals surface area contributed by atoms with Crippen LogP contribution in [0.25, 0.3) is 0 Å². The molecule has 1 atom stereocenters. The predicted molar refractivity (Wildman–Crippen MR) is 64.8 cm³/mol. The Kier molecular flexibility index (Phi) is 2.43. The molecule has 0 N–H and O–H groups in total. The zero-order valence-corrected chi connectivity index (χ0v) is 9.43. The summed E-state index contributed by atoms with van der Waals surface area (Å²) in [6.07, 6.45) is 4.85. The van der Waals surface area contributed by atoms with Crippen LogP contribution in [0.15, 0.2) is 24.3 Å². The lowest BCUT2D eigenvalue weighted by Gasteiger charge is -2.34. The average Bonchev–Trinajstić information content (AvgIpc) is 3.14. The van der Waals surface area contributed by atoms with E-state index < -0.39 is 0 Å². The number of carbonyl (C=O) groups is 1. The maximum atomic E-state index is 11.0. The summed E-state index contributed by atoms with van der Waals surface area (Å²) in [6.45, 7) is 2.22. The first-order valence-electron chi connectivity index (χ1n) is 6.17. The molecule has 0 saturated heterocycles. The van der Waals surface area contributed by atoms with Gasteiger partial charge in [-0.2, -0.15) is 0 Å². The second-order valence-corrected chi connectivity index (χ2v) is 4.98. The van der Waals surface area contributed by atoms with E-state index in [-0.39, 0.29) is 5.92 Å². The molecule has 1 saturated carbocycles. The summed E-state index contributed by atoms with van der Waals surface area (Å²) in [5, 5.41) is 0. The van der Waals surface area contributed by atoms with E-state index in [1.54, 1.807) is 0 Å². The van der Waals surface area contributed by atoms with Crippen molar-refractivity contribution in [1.29, 1.82) is 0 Å². The van der Waals surface area contributed by atoms with Gasteiger partial charge in [0.05, 0.1) is 0 Å². The Labute approximate surface area is 96.3 Å². The van der Waals surface area contributed by atoms with Crippen molar-refractivity contribution in [3.8, 4) is 0 Å². The molecule has 0 spiro atoms. The van der Waals surface area contributed by atoms with Crippen molar-refractivity contribution in [1.82, 2.24) is 0 Å². The molecule has 2 nitrogen and oxygen atoms in total. The van der Waals surface area contributed by atoms with Crippen LogP contribution in [0.1, 0.15) is 30.7 Å². The van der Waals surface area contributed by atoms with Crippen LogP contribution in [0, 0.1) is 5.92 Å². The smallest absolute Gasteiger partial charge is 0.127 e. The number of rotatable bonds is 3. The van der Waals surface area contributed by atoms with Gasteiger partial charge in [-0.05, 0) is 36.8 Å².